The minimum atomic E-state index is -1.26. The third-order valence-electron chi connectivity index (χ3n) is 8.51. The summed E-state index contributed by atoms with van der Waals surface area (Å²) in [5.74, 6) is -0.105. The normalized spacial score (nSPS) is 18.0. The standard InChI is InChI=1S/C33H38FN5O4S/c1-37-17-15-33(16-18-37,31(41)35-27-14-13-25(42-2)19-29(27)43-3)39(20-24-11-7-8-12-26(24)34)30(40)22-38-21-28(36-32(38)44)23-9-5-4-6-10-23/h4-14,19,28H,15-18,20-22H2,1-3H3,(H,35,41)(H,36,44)/t28-/m1/s1. The molecular weight excluding hydrogens is 581 g/mol. The van der Waals surface area contributed by atoms with Crippen LogP contribution in [0.4, 0.5) is 10.1 Å². The lowest BCUT2D eigenvalue weighted by molar-refractivity contribution is -0.150. The van der Waals surface area contributed by atoms with Crippen molar-refractivity contribution in [3.05, 3.63) is 89.7 Å². The second kappa shape index (κ2) is 13.6. The van der Waals surface area contributed by atoms with Gasteiger partial charge in [0.1, 0.15) is 22.9 Å². The van der Waals surface area contributed by atoms with E-state index >= 15 is 4.39 Å². The van der Waals surface area contributed by atoms with Crippen molar-refractivity contribution in [3.63, 3.8) is 0 Å². The number of benzene rings is 3. The Hall–Kier alpha value is -4.22. The summed E-state index contributed by atoms with van der Waals surface area (Å²) in [5, 5.41) is 6.80. The average molecular weight is 620 g/mol. The molecule has 2 amide bonds. The topological polar surface area (TPSA) is 86.4 Å². The summed E-state index contributed by atoms with van der Waals surface area (Å²) in [6, 6.07) is 21.3. The predicted molar refractivity (Wildman–Crippen MR) is 171 cm³/mol. The van der Waals surface area contributed by atoms with Crippen LogP contribution in [0.2, 0.25) is 0 Å². The Kier molecular flexibility index (Phi) is 9.65. The number of anilines is 1. The number of carbonyl (C=O) groups is 2. The van der Waals surface area contributed by atoms with Crippen molar-refractivity contribution >= 4 is 34.8 Å². The Balaban J connectivity index is 1.48. The van der Waals surface area contributed by atoms with Crippen LogP contribution in [0.3, 0.4) is 0 Å². The summed E-state index contributed by atoms with van der Waals surface area (Å²) in [5.41, 5.74) is 0.584. The molecule has 2 aliphatic rings. The van der Waals surface area contributed by atoms with Crippen LogP contribution >= 0.6 is 12.2 Å². The third kappa shape index (κ3) is 6.63. The molecule has 3 aromatic rings. The minimum Gasteiger partial charge on any atom is -0.497 e. The molecule has 0 aromatic heterocycles. The van der Waals surface area contributed by atoms with E-state index in [2.05, 4.69) is 15.5 Å². The molecule has 11 heteroatoms. The first-order chi connectivity index (χ1) is 21.2. The number of nitrogens with one attached hydrogen (secondary N) is 2. The number of amides is 2. The number of rotatable bonds is 10. The van der Waals surface area contributed by atoms with E-state index in [0.29, 0.717) is 60.3 Å². The van der Waals surface area contributed by atoms with E-state index in [1.54, 1.807) is 48.4 Å². The maximum Gasteiger partial charge on any atom is 0.250 e. The van der Waals surface area contributed by atoms with Gasteiger partial charge in [-0.2, -0.15) is 0 Å². The number of likely N-dealkylation sites (tertiary alicyclic amines) is 1. The molecule has 0 unspecified atom stereocenters. The fourth-order valence-corrected chi connectivity index (χ4v) is 6.15. The Labute approximate surface area is 262 Å². The van der Waals surface area contributed by atoms with Gasteiger partial charge in [-0.15, -0.1) is 0 Å². The molecule has 9 nitrogen and oxygen atoms in total. The van der Waals surface area contributed by atoms with Gasteiger partial charge in [-0.25, -0.2) is 4.39 Å². The van der Waals surface area contributed by atoms with Gasteiger partial charge in [-0.1, -0.05) is 48.5 Å². The highest BCUT2D eigenvalue weighted by Gasteiger charge is 2.49. The zero-order valence-corrected chi connectivity index (χ0v) is 26.0. The molecule has 0 aliphatic carbocycles. The molecular formula is C33H38FN5O4S. The number of halogens is 1. The van der Waals surface area contributed by atoms with Crippen LogP contribution in [0.25, 0.3) is 0 Å². The van der Waals surface area contributed by atoms with Crippen LogP contribution in [0.15, 0.2) is 72.8 Å². The van der Waals surface area contributed by atoms with Gasteiger partial charge in [0.25, 0.3) is 5.91 Å². The first-order valence-corrected chi connectivity index (χ1v) is 15.0. The van der Waals surface area contributed by atoms with E-state index in [1.807, 2.05) is 42.3 Å². The molecule has 44 heavy (non-hydrogen) atoms. The van der Waals surface area contributed by atoms with E-state index in [1.165, 1.54) is 13.2 Å². The summed E-state index contributed by atoms with van der Waals surface area (Å²) in [7, 11) is 5.05. The van der Waals surface area contributed by atoms with E-state index in [9.17, 15) is 9.59 Å². The second-order valence-electron chi connectivity index (χ2n) is 11.2. The van der Waals surface area contributed by atoms with Crippen LogP contribution < -0.4 is 20.1 Å². The molecule has 3 aromatic carbocycles. The molecule has 1 atom stereocenters. The number of thiocarbonyl (C=S) groups is 1. The van der Waals surface area contributed by atoms with Crippen molar-refractivity contribution in [3.8, 4) is 11.5 Å². The summed E-state index contributed by atoms with van der Waals surface area (Å²) < 4.78 is 25.9. The number of carbonyl (C=O) groups excluding carboxylic acids is 2. The highest BCUT2D eigenvalue weighted by molar-refractivity contribution is 7.80. The van der Waals surface area contributed by atoms with Gasteiger partial charge in [0, 0.05) is 37.8 Å². The second-order valence-corrected chi connectivity index (χ2v) is 11.6. The van der Waals surface area contributed by atoms with Crippen molar-refractivity contribution < 1.29 is 23.5 Å². The van der Waals surface area contributed by atoms with E-state index in [0.717, 1.165) is 5.56 Å². The lowest BCUT2D eigenvalue weighted by atomic mass is 9.83. The first-order valence-electron chi connectivity index (χ1n) is 14.6. The Morgan fingerprint density at radius 2 is 1.75 bits per heavy atom. The van der Waals surface area contributed by atoms with Crippen molar-refractivity contribution in [1.82, 2.24) is 20.0 Å². The Morgan fingerprint density at radius 1 is 1.05 bits per heavy atom. The Bertz CT molecular complexity index is 1500. The van der Waals surface area contributed by atoms with Crippen molar-refractivity contribution in [1.29, 1.82) is 0 Å². The van der Waals surface area contributed by atoms with Crippen molar-refractivity contribution in [2.75, 3.05) is 52.8 Å². The van der Waals surface area contributed by atoms with Gasteiger partial charge in [0.05, 0.1) is 32.5 Å². The summed E-state index contributed by atoms with van der Waals surface area (Å²) >= 11 is 5.63. The smallest absolute Gasteiger partial charge is 0.250 e. The summed E-state index contributed by atoms with van der Waals surface area (Å²) in [4.78, 5) is 34.3. The molecule has 2 saturated heterocycles. The monoisotopic (exact) mass is 619 g/mol. The zero-order chi connectivity index (χ0) is 31.3. The fourth-order valence-electron chi connectivity index (χ4n) is 5.87. The third-order valence-corrected chi connectivity index (χ3v) is 8.89. The molecule has 232 valence electrons. The van der Waals surface area contributed by atoms with Gasteiger partial charge in [0.2, 0.25) is 5.91 Å². The SMILES string of the molecule is COc1ccc(NC(=O)C2(N(Cc3ccccc3F)C(=O)CN3C[C@H](c4ccccc4)NC3=S)CCN(C)CC2)c(OC)c1. The highest BCUT2D eigenvalue weighted by atomic mass is 32.1. The quantitative estimate of drug-likeness (QED) is 0.327. The van der Waals surface area contributed by atoms with E-state index in [-0.39, 0.29) is 30.9 Å². The number of hydrogen-bond acceptors (Lipinski definition) is 6. The van der Waals surface area contributed by atoms with Crippen LogP contribution in [-0.4, -0.2) is 84.6 Å². The van der Waals surface area contributed by atoms with Crippen LogP contribution in [-0.2, 0) is 16.1 Å². The van der Waals surface area contributed by atoms with Crippen LogP contribution in [0.5, 0.6) is 11.5 Å². The number of methoxy groups -OCH3 is 2. The minimum absolute atomic E-state index is 0.0552. The molecule has 0 bridgehead atoms. The lowest BCUT2D eigenvalue weighted by Crippen LogP contribution is -2.64. The molecule has 2 fully saturated rings. The molecule has 0 radical (unpaired) electrons. The van der Waals surface area contributed by atoms with Crippen molar-refractivity contribution in [2.45, 2.75) is 31.0 Å². The molecule has 0 spiro atoms. The van der Waals surface area contributed by atoms with Crippen molar-refractivity contribution in [2.24, 2.45) is 0 Å². The molecule has 5 rings (SSSR count). The van der Waals surface area contributed by atoms with Crippen LogP contribution in [0, 0.1) is 5.82 Å². The number of nitrogens with zero attached hydrogens (tertiary/aromatic N) is 3. The number of piperidine rings is 1. The lowest BCUT2D eigenvalue weighted by Gasteiger charge is -2.47. The first kappa shape index (κ1) is 31.2. The molecule has 2 N–H and O–H groups in total. The maximum absolute atomic E-state index is 15.1. The maximum atomic E-state index is 15.1. The largest absolute Gasteiger partial charge is 0.497 e. The van der Waals surface area contributed by atoms with Gasteiger partial charge < -0.3 is 34.8 Å². The number of ether oxygens (including phenoxy) is 2. The fraction of sp³-hybridized carbons (Fsp3) is 0.364. The van der Waals surface area contributed by atoms with Gasteiger partial charge in [-0.3, -0.25) is 9.59 Å². The van der Waals surface area contributed by atoms with Crippen LogP contribution in [0.1, 0.15) is 30.0 Å². The molecule has 0 saturated carbocycles. The highest BCUT2D eigenvalue weighted by Crippen LogP contribution is 2.35. The molecule has 2 heterocycles. The summed E-state index contributed by atoms with van der Waals surface area (Å²) in [6.45, 7) is 1.52. The van der Waals surface area contributed by atoms with E-state index < -0.39 is 11.4 Å². The number of hydrogen-bond donors (Lipinski definition) is 2. The molecule has 2 aliphatic heterocycles. The van der Waals surface area contributed by atoms with Gasteiger partial charge in [-0.05, 0) is 55.9 Å². The average Bonchev–Trinajstić information content (AvgIpc) is 3.41. The van der Waals surface area contributed by atoms with Gasteiger partial charge >= 0.3 is 0 Å². The predicted octanol–water partition coefficient (Wildman–Crippen LogP) is 4.21. The van der Waals surface area contributed by atoms with E-state index in [4.69, 9.17) is 21.7 Å². The van der Waals surface area contributed by atoms with Gasteiger partial charge in [0.15, 0.2) is 5.11 Å². The zero-order valence-electron chi connectivity index (χ0n) is 25.2. The Morgan fingerprint density at radius 3 is 2.43 bits per heavy atom. The summed E-state index contributed by atoms with van der Waals surface area (Å²) in [6.07, 6.45) is 0.729.